The molecule has 1 aromatic rings. The molecular formula is C12H21N5O2. The van der Waals surface area contributed by atoms with Gasteiger partial charge in [0.2, 0.25) is 0 Å². The van der Waals surface area contributed by atoms with Crippen LogP contribution < -0.4 is 16.6 Å². The molecule has 1 aliphatic rings. The van der Waals surface area contributed by atoms with E-state index in [1.165, 1.54) is 6.33 Å². The Morgan fingerprint density at radius 3 is 2.79 bits per heavy atom. The second-order valence-electron chi connectivity index (χ2n) is 5.16. The standard InChI is InChI=1S/C12H21N5O2/c1-8(2)9-10(15-7-16-11(9)17-13)14-5-12(18)3-4-19-6-12/h7-8,18H,3-6,13H2,1-2H3,(H2,14,15,16,17). The average molecular weight is 267 g/mol. The summed E-state index contributed by atoms with van der Waals surface area (Å²) < 4.78 is 5.22. The van der Waals surface area contributed by atoms with Gasteiger partial charge >= 0.3 is 0 Å². The Morgan fingerprint density at radius 2 is 2.21 bits per heavy atom. The van der Waals surface area contributed by atoms with E-state index < -0.39 is 5.60 Å². The van der Waals surface area contributed by atoms with Crippen molar-refractivity contribution < 1.29 is 9.84 Å². The number of aliphatic hydroxyl groups is 1. The van der Waals surface area contributed by atoms with Crippen LogP contribution >= 0.6 is 0 Å². The van der Waals surface area contributed by atoms with Gasteiger partial charge in [-0.05, 0) is 5.92 Å². The van der Waals surface area contributed by atoms with Crippen LogP contribution in [-0.4, -0.2) is 40.4 Å². The highest BCUT2D eigenvalue weighted by Crippen LogP contribution is 2.28. The topological polar surface area (TPSA) is 105 Å². The fraction of sp³-hybridized carbons (Fsp3) is 0.667. The summed E-state index contributed by atoms with van der Waals surface area (Å²) in [5.74, 6) is 6.97. The summed E-state index contributed by atoms with van der Waals surface area (Å²) in [6.45, 7) is 5.42. The zero-order valence-electron chi connectivity index (χ0n) is 11.3. The molecule has 1 aliphatic heterocycles. The Balaban J connectivity index is 2.15. The highest BCUT2D eigenvalue weighted by Gasteiger charge is 2.32. The first kappa shape index (κ1) is 14.0. The summed E-state index contributed by atoms with van der Waals surface area (Å²) in [5.41, 5.74) is 2.66. The number of nitrogen functional groups attached to an aromatic ring is 1. The fourth-order valence-electron chi connectivity index (χ4n) is 2.18. The van der Waals surface area contributed by atoms with Crippen LogP contribution in [0.4, 0.5) is 11.6 Å². The van der Waals surface area contributed by atoms with Gasteiger partial charge in [-0.1, -0.05) is 13.8 Å². The van der Waals surface area contributed by atoms with Crippen LogP contribution in [-0.2, 0) is 4.74 Å². The molecule has 1 atom stereocenters. The summed E-state index contributed by atoms with van der Waals surface area (Å²) in [6, 6.07) is 0. The Hall–Kier alpha value is -1.44. The molecule has 2 heterocycles. The largest absolute Gasteiger partial charge is 0.386 e. The van der Waals surface area contributed by atoms with Crippen LogP contribution in [0.15, 0.2) is 6.33 Å². The third kappa shape index (κ3) is 3.12. The number of hydrogen-bond acceptors (Lipinski definition) is 7. The van der Waals surface area contributed by atoms with Gasteiger partial charge in [0.15, 0.2) is 0 Å². The van der Waals surface area contributed by atoms with Gasteiger partial charge in [0, 0.05) is 25.1 Å². The molecule has 5 N–H and O–H groups in total. The Bertz CT molecular complexity index is 432. The smallest absolute Gasteiger partial charge is 0.148 e. The van der Waals surface area contributed by atoms with Crippen LogP contribution in [0.25, 0.3) is 0 Å². The lowest BCUT2D eigenvalue weighted by Gasteiger charge is -2.23. The minimum atomic E-state index is -0.824. The highest BCUT2D eigenvalue weighted by molar-refractivity contribution is 5.58. The number of hydrogen-bond donors (Lipinski definition) is 4. The number of ether oxygens (including phenoxy) is 1. The Kier molecular flexibility index (Phi) is 4.18. The first-order valence-electron chi connectivity index (χ1n) is 6.41. The summed E-state index contributed by atoms with van der Waals surface area (Å²) >= 11 is 0. The number of rotatable bonds is 5. The summed E-state index contributed by atoms with van der Waals surface area (Å²) in [4.78, 5) is 8.33. The van der Waals surface area contributed by atoms with E-state index in [0.29, 0.717) is 37.8 Å². The molecule has 106 valence electrons. The Morgan fingerprint density at radius 1 is 1.47 bits per heavy atom. The molecule has 19 heavy (non-hydrogen) atoms. The summed E-state index contributed by atoms with van der Waals surface area (Å²) in [6.07, 6.45) is 2.07. The first-order valence-corrected chi connectivity index (χ1v) is 6.41. The molecule has 1 aromatic heterocycles. The van der Waals surface area contributed by atoms with Gasteiger partial charge in [-0.15, -0.1) is 0 Å². The van der Waals surface area contributed by atoms with E-state index in [9.17, 15) is 5.11 Å². The molecule has 1 fully saturated rings. The molecule has 0 radical (unpaired) electrons. The molecule has 0 bridgehead atoms. The van der Waals surface area contributed by atoms with Crippen LogP contribution in [0.5, 0.6) is 0 Å². The van der Waals surface area contributed by atoms with E-state index in [-0.39, 0.29) is 5.92 Å². The second kappa shape index (κ2) is 5.68. The number of nitrogens with two attached hydrogens (primary N) is 1. The molecule has 1 unspecified atom stereocenters. The summed E-state index contributed by atoms with van der Waals surface area (Å²) in [5, 5.41) is 13.4. The molecule has 0 spiro atoms. The van der Waals surface area contributed by atoms with Crippen molar-refractivity contribution in [1.29, 1.82) is 0 Å². The molecule has 0 aliphatic carbocycles. The van der Waals surface area contributed by atoms with Crippen LogP contribution in [0, 0.1) is 0 Å². The summed E-state index contributed by atoms with van der Waals surface area (Å²) in [7, 11) is 0. The van der Waals surface area contributed by atoms with Crippen LogP contribution in [0.3, 0.4) is 0 Å². The maximum atomic E-state index is 10.2. The van der Waals surface area contributed by atoms with Gasteiger partial charge in [0.1, 0.15) is 23.6 Å². The number of anilines is 2. The molecule has 1 saturated heterocycles. The first-order chi connectivity index (χ1) is 9.06. The highest BCUT2D eigenvalue weighted by atomic mass is 16.5. The third-order valence-electron chi connectivity index (χ3n) is 3.27. The van der Waals surface area contributed by atoms with Crippen LogP contribution in [0.1, 0.15) is 31.7 Å². The van der Waals surface area contributed by atoms with E-state index in [1.807, 2.05) is 13.8 Å². The van der Waals surface area contributed by atoms with Crippen molar-refractivity contribution >= 4 is 11.6 Å². The lowest BCUT2D eigenvalue weighted by molar-refractivity contribution is 0.0381. The zero-order chi connectivity index (χ0) is 13.9. The van der Waals surface area contributed by atoms with Crippen molar-refractivity contribution in [1.82, 2.24) is 9.97 Å². The zero-order valence-corrected chi connectivity index (χ0v) is 11.3. The number of aromatic nitrogens is 2. The van der Waals surface area contributed by atoms with Gasteiger partial charge in [-0.2, -0.15) is 0 Å². The normalized spacial score (nSPS) is 22.8. The lowest BCUT2D eigenvalue weighted by atomic mass is 10.0. The van der Waals surface area contributed by atoms with E-state index in [0.717, 1.165) is 5.56 Å². The predicted octanol–water partition coefficient (Wildman–Crippen LogP) is 0.449. The molecule has 7 nitrogen and oxygen atoms in total. The van der Waals surface area contributed by atoms with Crippen molar-refractivity contribution in [2.45, 2.75) is 31.8 Å². The van der Waals surface area contributed by atoms with Crippen molar-refractivity contribution in [3.05, 3.63) is 11.9 Å². The van der Waals surface area contributed by atoms with Crippen molar-refractivity contribution in [3.63, 3.8) is 0 Å². The lowest BCUT2D eigenvalue weighted by Crippen LogP contribution is -2.37. The minimum Gasteiger partial charge on any atom is -0.386 e. The minimum absolute atomic E-state index is 0.212. The SMILES string of the molecule is CC(C)c1c(NN)ncnc1NCC1(O)CCOC1. The third-order valence-corrected chi connectivity index (χ3v) is 3.27. The molecule has 7 heteroatoms. The van der Waals surface area contributed by atoms with Crippen LogP contribution in [0.2, 0.25) is 0 Å². The average Bonchev–Trinajstić information content (AvgIpc) is 2.83. The molecule has 0 amide bonds. The van der Waals surface area contributed by atoms with Gasteiger partial charge in [-0.25, -0.2) is 15.8 Å². The monoisotopic (exact) mass is 267 g/mol. The number of hydrazine groups is 1. The van der Waals surface area contributed by atoms with E-state index in [2.05, 4.69) is 20.7 Å². The van der Waals surface area contributed by atoms with E-state index in [1.54, 1.807) is 0 Å². The molecule has 0 saturated carbocycles. The fourth-order valence-corrected chi connectivity index (χ4v) is 2.18. The maximum Gasteiger partial charge on any atom is 0.148 e. The van der Waals surface area contributed by atoms with Crippen molar-refractivity contribution in [3.8, 4) is 0 Å². The molecular weight excluding hydrogens is 246 g/mol. The number of nitrogens with one attached hydrogen (secondary N) is 2. The number of nitrogens with zero attached hydrogens (tertiary/aromatic N) is 2. The molecule has 2 rings (SSSR count). The van der Waals surface area contributed by atoms with Gasteiger partial charge in [0.05, 0.1) is 6.61 Å². The molecule has 0 aromatic carbocycles. The van der Waals surface area contributed by atoms with Gasteiger partial charge in [-0.3, -0.25) is 0 Å². The van der Waals surface area contributed by atoms with Crippen molar-refractivity contribution in [2.24, 2.45) is 5.84 Å². The second-order valence-corrected chi connectivity index (χ2v) is 5.16. The van der Waals surface area contributed by atoms with Gasteiger partial charge < -0.3 is 20.6 Å². The predicted molar refractivity (Wildman–Crippen MR) is 72.8 cm³/mol. The van der Waals surface area contributed by atoms with E-state index in [4.69, 9.17) is 10.6 Å². The quantitative estimate of drug-likeness (QED) is 0.453. The van der Waals surface area contributed by atoms with E-state index >= 15 is 0 Å². The van der Waals surface area contributed by atoms with Crippen molar-refractivity contribution in [2.75, 3.05) is 30.5 Å². The Labute approximate surface area is 112 Å². The van der Waals surface area contributed by atoms with Gasteiger partial charge in [0.25, 0.3) is 0 Å². The maximum absolute atomic E-state index is 10.2.